The largest absolute Gasteiger partial charge is 0.370 e. The Kier molecular flexibility index (Phi) is 6.46. The fraction of sp³-hybridized carbons (Fsp3) is 0.500. The molecule has 1 fully saturated rings. The molecule has 0 bridgehead atoms. The molecule has 0 spiro atoms. The molecule has 2 rings (SSSR count). The summed E-state index contributed by atoms with van der Waals surface area (Å²) in [5.74, 6) is 1.47. The maximum Gasteiger partial charge on any atom is 0.190 e. The molecule has 1 heterocycles. The van der Waals surface area contributed by atoms with E-state index < -0.39 is 0 Å². The van der Waals surface area contributed by atoms with Crippen molar-refractivity contribution in [1.82, 2.24) is 4.90 Å². The van der Waals surface area contributed by atoms with E-state index in [-0.39, 0.29) is 24.0 Å². The van der Waals surface area contributed by atoms with E-state index in [9.17, 15) is 0 Å². The van der Waals surface area contributed by atoms with Gasteiger partial charge in [-0.05, 0) is 30.7 Å². The number of benzene rings is 1. The monoisotopic (exact) mass is 359 g/mol. The van der Waals surface area contributed by atoms with Gasteiger partial charge >= 0.3 is 0 Å². The third-order valence-corrected chi connectivity index (χ3v) is 3.53. The van der Waals surface area contributed by atoms with Crippen LogP contribution in [-0.4, -0.2) is 31.0 Å². The van der Waals surface area contributed by atoms with E-state index in [2.05, 4.69) is 40.2 Å². The summed E-state index contributed by atoms with van der Waals surface area (Å²) in [7, 11) is 1.76. The first kappa shape index (κ1) is 15.3. The molecular formula is C14H22IN3. The van der Waals surface area contributed by atoms with E-state index in [0.29, 0.717) is 5.96 Å². The fourth-order valence-corrected chi connectivity index (χ4v) is 2.46. The van der Waals surface area contributed by atoms with Gasteiger partial charge in [0.15, 0.2) is 5.96 Å². The van der Waals surface area contributed by atoms with Crippen molar-refractivity contribution < 1.29 is 0 Å². The van der Waals surface area contributed by atoms with Crippen molar-refractivity contribution >= 4 is 29.9 Å². The first-order valence-corrected chi connectivity index (χ1v) is 6.30. The van der Waals surface area contributed by atoms with Gasteiger partial charge in [-0.1, -0.05) is 30.3 Å². The molecule has 0 atom stereocenters. The molecule has 0 saturated carbocycles. The smallest absolute Gasteiger partial charge is 0.190 e. The van der Waals surface area contributed by atoms with Gasteiger partial charge < -0.3 is 10.6 Å². The fourth-order valence-electron chi connectivity index (χ4n) is 2.46. The normalized spacial score (nSPS) is 17.4. The Morgan fingerprint density at radius 2 is 1.89 bits per heavy atom. The van der Waals surface area contributed by atoms with Crippen LogP contribution in [0, 0.1) is 5.92 Å². The maximum absolute atomic E-state index is 5.82. The number of piperidine rings is 1. The zero-order valence-corrected chi connectivity index (χ0v) is 13.2. The summed E-state index contributed by atoms with van der Waals surface area (Å²) in [5, 5.41) is 0. The third kappa shape index (κ3) is 4.15. The summed E-state index contributed by atoms with van der Waals surface area (Å²) in [6, 6.07) is 10.7. The molecule has 1 aliphatic heterocycles. The standard InChI is InChI=1S/C14H21N3.HI/c1-16-14(15)17-9-7-13(8-10-17)11-12-5-3-2-4-6-12;/h2-6,13H,7-11H2,1H3,(H2,15,16);1H. The predicted octanol–water partition coefficient (Wildman–Crippen LogP) is 2.50. The van der Waals surface area contributed by atoms with Crippen LogP contribution in [0.3, 0.4) is 0 Å². The van der Waals surface area contributed by atoms with Gasteiger partial charge in [0, 0.05) is 20.1 Å². The molecule has 0 aromatic heterocycles. The van der Waals surface area contributed by atoms with Gasteiger partial charge in [0.2, 0.25) is 0 Å². The van der Waals surface area contributed by atoms with Gasteiger partial charge in [-0.2, -0.15) is 0 Å². The zero-order chi connectivity index (χ0) is 12.1. The van der Waals surface area contributed by atoms with Crippen LogP contribution in [-0.2, 0) is 6.42 Å². The third-order valence-electron chi connectivity index (χ3n) is 3.53. The van der Waals surface area contributed by atoms with Crippen LogP contribution < -0.4 is 5.73 Å². The van der Waals surface area contributed by atoms with Crippen molar-refractivity contribution in [3.05, 3.63) is 35.9 Å². The highest BCUT2D eigenvalue weighted by atomic mass is 127. The molecule has 100 valence electrons. The first-order valence-electron chi connectivity index (χ1n) is 6.30. The molecule has 3 nitrogen and oxygen atoms in total. The molecule has 0 aliphatic carbocycles. The number of nitrogens with zero attached hydrogens (tertiary/aromatic N) is 2. The van der Waals surface area contributed by atoms with E-state index in [1.807, 2.05) is 0 Å². The Morgan fingerprint density at radius 3 is 2.44 bits per heavy atom. The van der Waals surface area contributed by atoms with E-state index >= 15 is 0 Å². The summed E-state index contributed by atoms with van der Waals surface area (Å²) >= 11 is 0. The Hall–Kier alpha value is -0.780. The van der Waals surface area contributed by atoms with E-state index in [1.54, 1.807) is 7.05 Å². The Balaban J connectivity index is 0.00000162. The highest BCUT2D eigenvalue weighted by Crippen LogP contribution is 2.21. The number of rotatable bonds is 2. The molecule has 18 heavy (non-hydrogen) atoms. The highest BCUT2D eigenvalue weighted by molar-refractivity contribution is 14.0. The van der Waals surface area contributed by atoms with Gasteiger partial charge in [-0.3, -0.25) is 4.99 Å². The van der Waals surface area contributed by atoms with Gasteiger partial charge in [0.1, 0.15) is 0 Å². The number of likely N-dealkylation sites (tertiary alicyclic amines) is 1. The van der Waals surface area contributed by atoms with Crippen LogP contribution in [0.15, 0.2) is 35.3 Å². The van der Waals surface area contributed by atoms with Crippen LogP contribution in [0.5, 0.6) is 0 Å². The van der Waals surface area contributed by atoms with Gasteiger partial charge in [-0.25, -0.2) is 0 Å². The lowest BCUT2D eigenvalue weighted by Gasteiger charge is -2.32. The number of aliphatic imine (C=N–C) groups is 1. The number of hydrogen-bond acceptors (Lipinski definition) is 1. The average Bonchev–Trinajstić information content (AvgIpc) is 2.40. The van der Waals surface area contributed by atoms with E-state index in [4.69, 9.17) is 5.73 Å². The summed E-state index contributed by atoms with van der Waals surface area (Å²) in [4.78, 5) is 6.22. The first-order chi connectivity index (χ1) is 8.29. The molecule has 1 saturated heterocycles. The summed E-state index contributed by atoms with van der Waals surface area (Å²) in [5.41, 5.74) is 7.27. The Bertz CT molecular complexity index is 370. The molecular weight excluding hydrogens is 337 g/mol. The Morgan fingerprint density at radius 1 is 1.28 bits per heavy atom. The van der Waals surface area contributed by atoms with E-state index in [1.165, 1.54) is 24.8 Å². The van der Waals surface area contributed by atoms with Gasteiger partial charge in [0.25, 0.3) is 0 Å². The van der Waals surface area contributed by atoms with Crippen molar-refractivity contribution in [3.63, 3.8) is 0 Å². The second-order valence-corrected chi connectivity index (χ2v) is 4.70. The maximum atomic E-state index is 5.82. The predicted molar refractivity (Wildman–Crippen MR) is 87.4 cm³/mol. The minimum Gasteiger partial charge on any atom is -0.370 e. The van der Waals surface area contributed by atoms with Crippen LogP contribution in [0.25, 0.3) is 0 Å². The van der Waals surface area contributed by atoms with Crippen LogP contribution >= 0.6 is 24.0 Å². The van der Waals surface area contributed by atoms with Gasteiger partial charge in [-0.15, -0.1) is 24.0 Å². The van der Waals surface area contributed by atoms with Crippen LogP contribution in [0.4, 0.5) is 0 Å². The molecule has 0 unspecified atom stereocenters. The minimum absolute atomic E-state index is 0. The zero-order valence-electron chi connectivity index (χ0n) is 10.9. The van der Waals surface area contributed by atoms with Crippen molar-refractivity contribution in [2.45, 2.75) is 19.3 Å². The van der Waals surface area contributed by atoms with Crippen LogP contribution in [0.2, 0.25) is 0 Å². The number of hydrogen-bond donors (Lipinski definition) is 1. The SMILES string of the molecule is CN=C(N)N1CCC(Cc2ccccc2)CC1.I. The molecule has 1 aromatic carbocycles. The summed E-state index contributed by atoms with van der Waals surface area (Å²) in [6.45, 7) is 2.08. The quantitative estimate of drug-likeness (QED) is 0.501. The summed E-state index contributed by atoms with van der Waals surface area (Å²) < 4.78 is 0. The number of guanidine groups is 1. The Labute approximate surface area is 126 Å². The lowest BCUT2D eigenvalue weighted by molar-refractivity contribution is 0.263. The molecule has 1 aliphatic rings. The second kappa shape index (κ2) is 7.61. The van der Waals surface area contributed by atoms with Crippen molar-refractivity contribution in [2.75, 3.05) is 20.1 Å². The minimum atomic E-state index is 0. The average molecular weight is 359 g/mol. The van der Waals surface area contributed by atoms with Gasteiger partial charge in [0.05, 0.1) is 0 Å². The topological polar surface area (TPSA) is 41.6 Å². The molecule has 2 N–H and O–H groups in total. The van der Waals surface area contributed by atoms with Crippen molar-refractivity contribution in [3.8, 4) is 0 Å². The van der Waals surface area contributed by atoms with Crippen molar-refractivity contribution in [1.29, 1.82) is 0 Å². The second-order valence-electron chi connectivity index (χ2n) is 4.70. The lowest BCUT2D eigenvalue weighted by Crippen LogP contribution is -2.43. The van der Waals surface area contributed by atoms with E-state index in [0.717, 1.165) is 19.0 Å². The summed E-state index contributed by atoms with van der Waals surface area (Å²) in [6.07, 6.45) is 3.62. The molecule has 0 radical (unpaired) electrons. The number of nitrogens with two attached hydrogens (primary N) is 1. The molecule has 4 heteroatoms. The molecule has 0 amide bonds. The van der Waals surface area contributed by atoms with Crippen LogP contribution in [0.1, 0.15) is 18.4 Å². The number of halogens is 1. The lowest BCUT2D eigenvalue weighted by atomic mass is 9.90. The highest BCUT2D eigenvalue weighted by Gasteiger charge is 2.20. The molecule has 1 aromatic rings. The van der Waals surface area contributed by atoms with Crippen molar-refractivity contribution in [2.24, 2.45) is 16.6 Å².